The summed E-state index contributed by atoms with van der Waals surface area (Å²) in [5.41, 5.74) is 1.73. The number of carbonyl (C=O) groups excluding carboxylic acids is 1. The predicted octanol–water partition coefficient (Wildman–Crippen LogP) is 7.75. The van der Waals surface area contributed by atoms with Crippen LogP contribution in [0.5, 0.6) is 0 Å². The Labute approximate surface area is 249 Å². The molecule has 0 bridgehead atoms. The summed E-state index contributed by atoms with van der Waals surface area (Å²) in [4.78, 5) is 12.4. The minimum atomic E-state index is -4.32. The molecule has 12 heteroatoms. The number of halogens is 2. The Morgan fingerprint density at radius 3 is 2.10 bits per heavy atom. The third-order valence-electron chi connectivity index (χ3n) is 5.98. The van der Waals surface area contributed by atoms with Crippen molar-refractivity contribution in [1.82, 2.24) is 0 Å². The second-order valence-electron chi connectivity index (χ2n) is 9.00. The number of anilines is 2. The molecule has 0 aliphatic rings. The maximum atomic E-state index is 13.9. The van der Waals surface area contributed by atoms with Gasteiger partial charge in [0.2, 0.25) is 5.91 Å². The molecule has 4 aromatic carbocycles. The molecule has 0 aliphatic carbocycles. The van der Waals surface area contributed by atoms with Crippen molar-refractivity contribution in [2.45, 2.75) is 25.2 Å². The summed E-state index contributed by atoms with van der Waals surface area (Å²) in [5.74, 6) is -0.160. The second kappa shape index (κ2) is 13.4. The Balaban J connectivity index is 1.70. The molecule has 41 heavy (non-hydrogen) atoms. The van der Waals surface area contributed by atoms with E-state index in [2.05, 4.69) is 5.32 Å². The molecule has 4 aromatic rings. The van der Waals surface area contributed by atoms with Crippen molar-refractivity contribution in [2.24, 2.45) is 0 Å². The Kier molecular flexibility index (Phi) is 10.1. The fraction of sp³-hybridized carbons (Fsp3) is 0.207. The second-order valence-corrected chi connectivity index (χ2v) is 13.8. The Morgan fingerprint density at radius 2 is 1.46 bits per heavy atom. The van der Waals surface area contributed by atoms with Gasteiger partial charge in [-0.1, -0.05) is 65.7 Å². The molecule has 0 radical (unpaired) electrons. The van der Waals surface area contributed by atoms with Crippen LogP contribution in [0.4, 0.5) is 11.4 Å². The van der Waals surface area contributed by atoms with Gasteiger partial charge >= 0.3 is 7.60 Å². The molecule has 0 saturated carbocycles. The summed E-state index contributed by atoms with van der Waals surface area (Å²) in [6.07, 6.45) is -0.335. The lowest BCUT2D eigenvalue weighted by atomic mass is 10.1. The van der Waals surface area contributed by atoms with E-state index in [1.165, 1.54) is 18.2 Å². The fourth-order valence-electron chi connectivity index (χ4n) is 4.22. The topological polar surface area (TPSA) is 102 Å². The SMILES string of the molecule is CCOP(=O)(CN(c1ccc2cc(NC(=O)Cc3ccccc3)ccc2c1)S(=O)(=O)c1cc(Cl)cc(Cl)c1)OCC. The first-order valence-electron chi connectivity index (χ1n) is 12.8. The summed E-state index contributed by atoms with van der Waals surface area (Å²) in [6, 6.07) is 23.6. The lowest BCUT2D eigenvalue weighted by molar-refractivity contribution is -0.115. The van der Waals surface area contributed by atoms with Crippen LogP contribution in [0.25, 0.3) is 10.8 Å². The fourth-order valence-corrected chi connectivity index (χ4v) is 8.61. The maximum absolute atomic E-state index is 13.9. The molecule has 8 nitrogen and oxygen atoms in total. The maximum Gasteiger partial charge on any atom is 0.350 e. The van der Waals surface area contributed by atoms with Crippen molar-refractivity contribution in [3.8, 4) is 0 Å². The normalized spacial score (nSPS) is 11.9. The number of hydrogen-bond donors (Lipinski definition) is 1. The summed E-state index contributed by atoms with van der Waals surface area (Å²) < 4.78 is 53.2. The van der Waals surface area contributed by atoms with Gasteiger partial charge in [0.25, 0.3) is 10.0 Å². The van der Waals surface area contributed by atoms with E-state index >= 15 is 0 Å². The monoisotopic (exact) mass is 634 g/mol. The molecule has 0 unspecified atom stereocenters. The highest BCUT2D eigenvalue weighted by molar-refractivity contribution is 7.93. The van der Waals surface area contributed by atoms with Crippen LogP contribution >= 0.6 is 30.8 Å². The van der Waals surface area contributed by atoms with Gasteiger partial charge < -0.3 is 14.4 Å². The lowest BCUT2D eigenvalue weighted by Gasteiger charge is -2.28. The Bertz CT molecular complexity index is 1670. The molecule has 0 heterocycles. The number of fused-ring (bicyclic) bond motifs is 1. The molecular formula is C29H29Cl2N2O6PS. The number of benzene rings is 4. The van der Waals surface area contributed by atoms with Gasteiger partial charge in [-0.2, -0.15) is 0 Å². The van der Waals surface area contributed by atoms with E-state index in [9.17, 15) is 17.8 Å². The molecule has 0 atom stereocenters. The van der Waals surface area contributed by atoms with Gasteiger partial charge in [-0.25, -0.2) is 8.42 Å². The number of nitrogens with one attached hydrogen (secondary N) is 1. The zero-order valence-electron chi connectivity index (χ0n) is 22.4. The van der Waals surface area contributed by atoms with Crippen LogP contribution in [0.15, 0.2) is 89.8 Å². The number of nitrogens with zero attached hydrogens (tertiary/aromatic N) is 1. The molecule has 0 fully saturated rings. The van der Waals surface area contributed by atoms with Gasteiger partial charge in [0, 0.05) is 15.7 Å². The number of carbonyl (C=O) groups is 1. The highest BCUT2D eigenvalue weighted by Gasteiger charge is 2.35. The third kappa shape index (κ3) is 7.89. The van der Waals surface area contributed by atoms with Crippen LogP contribution in [0.3, 0.4) is 0 Å². The number of rotatable bonds is 12. The van der Waals surface area contributed by atoms with E-state index in [1.54, 1.807) is 50.2 Å². The summed E-state index contributed by atoms with van der Waals surface area (Å²) in [7, 11) is -8.18. The van der Waals surface area contributed by atoms with E-state index in [4.69, 9.17) is 32.2 Å². The first-order valence-corrected chi connectivity index (χ1v) is 16.7. The van der Waals surface area contributed by atoms with Gasteiger partial charge in [0.1, 0.15) is 6.29 Å². The molecular weight excluding hydrogens is 606 g/mol. The van der Waals surface area contributed by atoms with Crippen LogP contribution in [0.2, 0.25) is 10.0 Å². The molecule has 0 spiro atoms. The van der Waals surface area contributed by atoms with Crippen LogP contribution in [0.1, 0.15) is 19.4 Å². The molecule has 1 N–H and O–H groups in total. The smallest absolute Gasteiger partial charge is 0.326 e. The Hall–Kier alpha value is -2.91. The van der Waals surface area contributed by atoms with Gasteiger partial charge in [-0.05, 0) is 72.6 Å². The third-order valence-corrected chi connectivity index (χ3v) is 10.3. The van der Waals surface area contributed by atoms with Gasteiger partial charge in [0.15, 0.2) is 0 Å². The summed E-state index contributed by atoms with van der Waals surface area (Å²) in [5, 5.41) is 4.61. The number of hydrogen-bond acceptors (Lipinski definition) is 6. The van der Waals surface area contributed by atoms with Crippen LogP contribution < -0.4 is 9.62 Å². The molecule has 0 saturated heterocycles. The first kappa shape index (κ1) is 31.0. The van der Waals surface area contributed by atoms with Crippen LogP contribution in [-0.2, 0) is 34.9 Å². The standard InChI is InChI=1S/C29H29Cl2N2O6PS/c1-3-38-40(35,39-4-2)20-33(41(36,37)28-18-24(30)17-25(31)19-28)27-13-11-22-15-26(12-10-23(22)16-27)32-29(34)14-21-8-6-5-7-9-21/h5-13,15-19H,3-4,14,20H2,1-2H3,(H,32,34). The molecule has 0 aliphatic heterocycles. The molecule has 4 rings (SSSR count). The van der Waals surface area contributed by atoms with E-state index in [0.29, 0.717) is 11.1 Å². The Morgan fingerprint density at radius 1 is 0.854 bits per heavy atom. The summed E-state index contributed by atoms with van der Waals surface area (Å²) >= 11 is 12.2. The molecule has 216 valence electrons. The van der Waals surface area contributed by atoms with Gasteiger partial charge in [0.05, 0.1) is 30.2 Å². The van der Waals surface area contributed by atoms with Crippen molar-refractivity contribution < 1.29 is 26.8 Å². The van der Waals surface area contributed by atoms with Crippen molar-refractivity contribution in [1.29, 1.82) is 0 Å². The highest BCUT2D eigenvalue weighted by atomic mass is 35.5. The average Bonchev–Trinajstić information content (AvgIpc) is 2.92. The van der Waals surface area contributed by atoms with E-state index in [1.807, 2.05) is 30.3 Å². The lowest BCUT2D eigenvalue weighted by Crippen LogP contribution is -2.33. The van der Waals surface area contributed by atoms with E-state index in [-0.39, 0.29) is 46.2 Å². The largest absolute Gasteiger partial charge is 0.350 e. The quantitative estimate of drug-likeness (QED) is 0.160. The van der Waals surface area contributed by atoms with Gasteiger partial charge in [-0.3, -0.25) is 13.7 Å². The zero-order chi connectivity index (χ0) is 29.6. The predicted molar refractivity (Wildman–Crippen MR) is 165 cm³/mol. The summed E-state index contributed by atoms with van der Waals surface area (Å²) in [6.45, 7) is 3.41. The van der Waals surface area contributed by atoms with Crippen molar-refractivity contribution in [2.75, 3.05) is 29.1 Å². The number of amides is 1. The van der Waals surface area contributed by atoms with E-state index in [0.717, 1.165) is 15.3 Å². The van der Waals surface area contributed by atoms with Crippen molar-refractivity contribution in [3.05, 3.63) is 101 Å². The van der Waals surface area contributed by atoms with Gasteiger partial charge in [-0.15, -0.1) is 0 Å². The molecule has 1 amide bonds. The minimum Gasteiger partial charge on any atom is -0.326 e. The highest BCUT2D eigenvalue weighted by Crippen LogP contribution is 2.50. The minimum absolute atomic E-state index is 0.0602. The molecule has 0 aromatic heterocycles. The van der Waals surface area contributed by atoms with Crippen molar-refractivity contribution in [3.63, 3.8) is 0 Å². The van der Waals surface area contributed by atoms with Crippen molar-refractivity contribution >= 4 is 68.9 Å². The van der Waals surface area contributed by atoms with Crippen LogP contribution in [0, 0.1) is 0 Å². The number of sulfonamides is 1. The first-order chi connectivity index (χ1) is 19.5. The van der Waals surface area contributed by atoms with E-state index < -0.39 is 23.9 Å². The average molecular weight is 636 g/mol. The zero-order valence-corrected chi connectivity index (χ0v) is 25.6. The van der Waals surface area contributed by atoms with Crippen LogP contribution in [-0.4, -0.2) is 33.8 Å².